The SMILES string of the molecule is CNC(=O)c1ccc(Cl)c(NC(=O)c2ccc(SC)cc2)c1. The summed E-state index contributed by atoms with van der Waals surface area (Å²) in [4.78, 5) is 25.0. The Bertz CT molecular complexity index is 702. The normalized spacial score (nSPS) is 10.1. The van der Waals surface area contributed by atoms with Crippen LogP contribution >= 0.6 is 23.4 Å². The lowest BCUT2D eigenvalue weighted by Crippen LogP contribution is -2.18. The summed E-state index contributed by atoms with van der Waals surface area (Å²) in [6.07, 6.45) is 1.97. The number of nitrogens with one attached hydrogen (secondary N) is 2. The van der Waals surface area contributed by atoms with Gasteiger partial charge in [0.15, 0.2) is 0 Å². The van der Waals surface area contributed by atoms with Crippen molar-refractivity contribution in [1.82, 2.24) is 5.32 Å². The second-order valence-electron chi connectivity index (χ2n) is 4.46. The molecule has 0 aliphatic rings. The molecule has 0 aliphatic heterocycles. The minimum absolute atomic E-state index is 0.239. The lowest BCUT2D eigenvalue weighted by molar-refractivity contribution is 0.0961. The van der Waals surface area contributed by atoms with E-state index in [0.29, 0.717) is 21.8 Å². The minimum Gasteiger partial charge on any atom is -0.355 e. The maximum Gasteiger partial charge on any atom is 0.255 e. The largest absolute Gasteiger partial charge is 0.355 e. The minimum atomic E-state index is -0.274. The fourth-order valence-electron chi connectivity index (χ4n) is 1.84. The third kappa shape index (κ3) is 3.81. The highest BCUT2D eigenvalue weighted by molar-refractivity contribution is 7.98. The number of rotatable bonds is 4. The smallest absolute Gasteiger partial charge is 0.255 e. The molecule has 0 spiro atoms. The molecule has 2 N–H and O–H groups in total. The Morgan fingerprint density at radius 2 is 1.64 bits per heavy atom. The van der Waals surface area contributed by atoms with Crippen LogP contribution in [0.4, 0.5) is 5.69 Å². The quantitative estimate of drug-likeness (QED) is 0.839. The Balaban J connectivity index is 2.21. The van der Waals surface area contributed by atoms with E-state index in [1.807, 2.05) is 18.4 Å². The van der Waals surface area contributed by atoms with Crippen molar-refractivity contribution in [2.45, 2.75) is 4.90 Å². The number of halogens is 1. The van der Waals surface area contributed by atoms with Crippen LogP contribution in [0.3, 0.4) is 0 Å². The second kappa shape index (κ2) is 7.33. The van der Waals surface area contributed by atoms with Gasteiger partial charge in [0.25, 0.3) is 11.8 Å². The summed E-state index contributed by atoms with van der Waals surface area (Å²) in [6, 6.07) is 12.0. The first kappa shape index (κ1) is 16.4. The third-order valence-electron chi connectivity index (χ3n) is 3.06. The van der Waals surface area contributed by atoms with Crippen molar-refractivity contribution in [1.29, 1.82) is 0 Å². The predicted octanol–water partition coefficient (Wildman–Crippen LogP) is 3.67. The Hall–Kier alpha value is -1.98. The number of hydrogen-bond acceptors (Lipinski definition) is 3. The first-order valence-corrected chi connectivity index (χ1v) is 8.12. The van der Waals surface area contributed by atoms with Crippen LogP contribution in [0.15, 0.2) is 47.4 Å². The molecule has 6 heteroatoms. The highest BCUT2D eigenvalue weighted by Gasteiger charge is 2.11. The standard InChI is InChI=1S/C16H15ClN2O2S/c1-18-15(20)11-5-8-13(17)14(9-11)19-16(21)10-3-6-12(22-2)7-4-10/h3-9H,1-2H3,(H,18,20)(H,19,21). The molecule has 0 aromatic heterocycles. The molecular formula is C16H15ClN2O2S. The van der Waals surface area contributed by atoms with Gasteiger partial charge < -0.3 is 10.6 Å². The van der Waals surface area contributed by atoms with Gasteiger partial charge in [-0.3, -0.25) is 9.59 Å². The van der Waals surface area contributed by atoms with Crippen LogP contribution in [0.2, 0.25) is 5.02 Å². The van der Waals surface area contributed by atoms with Crippen LogP contribution < -0.4 is 10.6 Å². The van der Waals surface area contributed by atoms with Gasteiger partial charge in [-0.1, -0.05) is 11.6 Å². The third-order valence-corrected chi connectivity index (χ3v) is 4.13. The van der Waals surface area contributed by atoms with Crippen molar-refractivity contribution in [3.63, 3.8) is 0 Å². The summed E-state index contributed by atoms with van der Waals surface area (Å²) in [6.45, 7) is 0. The topological polar surface area (TPSA) is 58.2 Å². The van der Waals surface area contributed by atoms with Crippen LogP contribution in [0.5, 0.6) is 0 Å². The molecule has 4 nitrogen and oxygen atoms in total. The van der Waals surface area contributed by atoms with Gasteiger partial charge in [0, 0.05) is 23.1 Å². The number of amides is 2. The van der Waals surface area contributed by atoms with Gasteiger partial charge in [0.1, 0.15) is 0 Å². The lowest BCUT2D eigenvalue weighted by atomic mass is 10.1. The molecule has 0 aliphatic carbocycles. The van der Waals surface area contributed by atoms with Gasteiger partial charge in [0.05, 0.1) is 10.7 Å². The zero-order valence-corrected chi connectivity index (χ0v) is 13.7. The van der Waals surface area contributed by atoms with Crippen LogP contribution in [0.1, 0.15) is 20.7 Å². The molecule has 114 valence electrons. The average molecular weight is 335 g/mol. The Morgan fingerprint density at radius 3 is 2.23 bits per heavy atom. The Labute approximate surface area is 138 Å². The molecule has 2 aromatic carbocycles. The summed E-state index contributed by atoms with van der Waals surface area (Å²) < 4.78 is 0. The van der Waals surface area contributed by atoms with Crippen molar-refractivity contribution < 1.29 is 9.59 Å². The molecular weight excluding hydrogens is 320 g/mol. The van der Waals surface area contributed by atoms with E-state index < -0.39 is 0 Å². The van der Waals surface area contributed by atoms with Crippen LogP contribution in [-0.2, 0) is 0 Å². The predicted molar refractivity (Wildman–Crippen MR) is 91.0 cm³/mol. The highest BCUT2D eigenvalue weighted by atomic mass is 35.5. The zero-order valence-electron chi connectivity index (χ0n) is 12.1. The van der Waals surface area contributed by atoms with E-state index in [9.17, 15) is 9.59 Å². The van der Waals surface area contributed by atoms with Crippen molar-refractivity contribution >= 4 is 40.9 Å². The molecule has 2 aromatic rings. The molecule has 0 bridgehead atoms. The number of carbonyl (C=O) groups excluding carboxylic acids is 2. The Morgan fingerprint density at radius 1 is 1.00 bits per heavy atom. The van der Waals surface area contributed by atoms with Crippen molar-refractivity contribution in [3.05, 3.63) is 58.6 Å². The van der Waals surface area contributed by atoms with Gasteiger partial charge in [-0.15, -0.1) is 11.8 Å². The molecule has 2 amide bonds. The maximum absolute atomic E-state index is 12.2. The summed E-state index contributed by atoms with van der Waals surface area (Å²) in [5, 5.41) is 5.63. The summed E-state index contributed by atoms with van der Waals surface area (Å²) in [7, 11) is 1.54. The number of thioether (sulfide) groups is 1. The van der Waals surface area contributed by atoms with Gasteiger partial charge in [-0.05, 0) is 48.7 Å². The van der Waals surface area contributed by atoms with E-state index in [-0.39, 0.29) is 11.8 Å². The average Bonchev–Trinajstić information content (AvgIpc) is 2.56. The monoisotopic (exact) mass is 334 g/mol. The van der Waals surface area contributed by atoms with Crippen LogP contribution in [0.25, 0.3) is 0 Å². The van der Waals surface area contributed by atoms with Crippen molar-refractivity contribution in [3.8, 4) is 0 Å². The number of anilines is 1. The van der Waals surface area contributed by atoms with Gasteiger partial charge >= 0.3 is 0 Å². The first-order chi connectivity index (χ1) is 10.5. The van der Waals surface area contributed by atoms with Gasteiger partial charge in [0.2, 0.25) is 0 Å². The lowest BCUT2D eigenvalue weighted by Gasteiger charge is -2.09. The Kier molecular flexibility index (Phi) is 5.46. The zero-order chi connectivity index (χ0) is 16.1. The van der Waals surface area contributed by atoms with Crippen LogP contribution in [0, 0.1) is 0 Å². The number of hydrogen-bond donors (Lipinski definition) is 2. The molecule has 0 saturated carbocycles. The van der Waals surface area contributed by atoms with Crippen molar-refractivity contribution in [2.75, 3.05) is 18.6 Å². The summed E-state index contributed by atoms with van der Waals surface area (Å²) in [5.41, 5.74) is 1.36. The molecule has 0 radical (unpaired) electrons. The molecule has 22 heavy (non-hydrogen) atoms. The van der Waals surface area contributed by atoms with Gasteiger partial charge in [-0.2, -0.15) is 0 Å². The number of benzene rings is 2. The fraction of sp³-hybridized carbons (Fsp3) is 0.125. The van der Waals surface area contributed by atoms with E-state index in [4.69, 9.17) is 11.6 Å². The second-order valence-corrected chi connectivity index (χ2v) is 5.74. The van der Waals surface area contributed by atoms with E-state index >= 15 is 0 Å². The molecule has 0 saturated heterocycles. The van der Waals surface area contributed by atoms with Crippen molar-refractivity contribution in [2.24, 2.45) is 0 Å². The summed E-state index contributed by atoms with van der Waals surface area (Å²) >= 11 is 7.68. The molecule has 0 heterocycles. The number of carbonyl (C=O) groups is 2. The van der Waals surface area contributed by atoms with Gasteiger partial charge in [-0.25, -0.2) is 0 Å². The van der Waals surface area contributed by atoms with E-state index in [1.165, 1.54) is 0 Å². The van der Waals surface area contributed by atoms with E-state index in [0.717, 1.165) is 4.90 Å². The fourth-order valence-corrected chi connectivity index (χ4v) is 2.42. The van der Waals surface area contributed by atoms with Crippen LogP contribution in [-0.4, -0.2) is 25.1 Å². The maximum atomic E-state index is 12.2. The molecule has 0 unspecified atom stereocenters. The molecule has 0 atom stereocenters. The first-order valence-electron chi connectivity index (χ1n) is 6.52. The molecule has 0 fully saturated rings. The molecule has 2 rings (SSSR count). The van der Waals surface area contributed by atoms with E-state index in [1.54, 1.807) is 49.1 Å². The summed E-state index contributed by atoms with van der Waals surface area (Å²) in [5.74, 6) is -0.514. The van der Waals surface area contributed by atoms with E-state index in [2.05, 4.69) is 10.6 Å². The highest BCUT2D eigenvalue weighted by Crippen LogP contribution is 2.24.